The van der Waals surface area contributed by atoms with Crippen LogP contribution in [0.2, 0.25) is 5.15 Å². The van der Waals surface area contributed by atoms with Crippen molar-refractivity contribution >= 4 is 32.9 Å². The summed E-state index contributed by atoms with van der Waals surface area (Å²) in [5.74, 6) is -12.4. The number of sulfone groups is 1. The summed E-state index contributed by atoms with van der Waals surface area (Å²) in [6.45, 7) is -2.15. The zero-order valence-corrected chi connectivity index (χ0v) is 17.7. The molecule has 0 amide bonds. The first-order valence-electron chi connectivity index (χ1n) is 9.06. The highest BCUT2D eigenvalue weighted by atomic mass is 35.5. The normalized spacial score (nSPS) is 18.4. The number of rotatable bonds is 4. The Hall–Kier alpha value is -2.47. The van der Waals surface area contributed by atoms with Gasteiger partial charge in [-0.25, -0.2) is 17.2 Å². The highest BCUT2D eigenvalue weighted by Crippen LogP contribution is 2.43. The Morgan fingerprint density at radius 2 is 1.56 bits per heavy atom. The maximum absolute atomic E-state index is 13.8. The molecule has 1 aliphatic heterocycles. The molecule has 0 radical (unpaired) electrons. The van der Waals surface area contributed by atoms with Crippen LogP contribution in [0.15, 0.2) is 52.4 Å². The van der Waals surface area contributed by atoms with E-state index in [0.717, 1.165) is 28.7 Å². The molecule has 32 heavy (non-hydrogen) atoms. The van der Waals surface area contributed by atoms with E-state index in [4.69, 9.17) is 11.6 Å². The van der Waals surface area contributed by atoms with Gasteiger partial charge in [0.25, 0.3) is 5.92 Å². The molecule has 0 atom stereocenters. The molecule has 3 heterocycles. The van der Waals surface area contributed by atoms with Gasteiger partial charge in [-0.05, 0) is 24.3 Å². The summed E-state index contributed by atoms with van der Waals surface area (Å²) in [6, 6.07) is 7.72. The lowest BCUT2D eigenvalue weighted by molar-refractivity contribution is -0.172. The molecule has 2 aromatic heterocycles. The van der Waals surface area contributed by atoms with Gasteiger partial charge in [0.2, 0.25) is 15.8 Å². The molecule has 1 fully saturated rings. The first-order chi connectivity index (χ1) is 14.6. The molecule has 0 bridgehead atoms. The molecule has 0 unspecified atom stereocenters. The predicted molar refractivity (Wildman–Crippen MR) is 104 cm³/mol. The smallest absolute Gasteiger partial charge is 0.329 e. The number of aromatic nitrogens is 2. The van der Waals surface area contributed by atoms with E-state index in [1.165, 1.54) is 18.2 Å². The molecule has 1 saturated heterocycles. The molecule has 0 spiro atoms. The van der Waals surface area contributed by atoms with Crippen LogP contribution < -0.4 is 4.90 Å². The fourth-order valence-electron chi connectivity index (χ4n) is 3.41. The summed E-state index contributed by atoms with van der Waals surface area (Å²) < 4.78 is 109. The third-order valence-corrected chi connectivity index (χ3v) is 7.08. The van der Waals surface area contributed by atoms with Crippen molar-refractivity contribution in [3.63, 3.8) is 0 Å². The first-order valence-corrected chi connectivity index (χ1v) is 10.9. The van der Waals surface area contributed by atoms with Crippen LogP contribution in [0.4, 0.5) is 32.3 Å². The van der Waals surface area contributed by atoms with Crippen molar-refractivity contribution in [3.05, 3.63) is 53.2 Å². The maximum Gasteiger partial charge on any atom is 0.329 e. The monoisotopic (exact) mass is 497 g/mol. The summed E-state index contributed by atoms with van der Waals surface area (Å²) >= 11 is 6.11. The molecular weight excluding hydrogens is 484 g/mol. The van der Waals surface area contributed by atoms with Crippen LogP contribution in [0.3, 0.4) is 0 Å². The SMILES string of the molecule is CC(F)(F)c1ccc(S(=O)(=O)c2nc(N3CC(F)(F)C(F)(F)C3)n3c(Cl)cccc23)cc1. The van der Waals surface area contributed by atoms with Crippen molar-refractivity contribution in [2.75, 3.05) is 18.0 Å². The number of benzene rings is 1. The second-order valence-electron chi connectivity index (χ2n) is 7.47. The lowest BCUT2D eigenvalue weighted by Gasteiger charge is -2.15. The number of halogens is 7. The van der Waals surface area contributed by atoms with Crippen LogP contribution in [-0.2, 0) is 15.8 Å². The van der Waals surface area contributed by atoms with Crippen molar-refractivity contribution in [2.45, 2.75) is 34.6 Å². The van der Waals surface area contributed by atoms with Gasteiger partial charge in [0.15, 0.2) is 5.03 Å². The average molecular weight is 498 g/mol. The molecule has 0 aliphatic carbocycles. The third-order valence-electron chi connectivity index (χ3n) is 5.09. The quantitative estimate of drug-likeness (QED) is 0.375. The number of nitrogens with zero attached hydrogens (tertiary/aromatic N) is 3. The Morgan fingerprint density at radius 1 is 1.00 bits per heavy atom. The molecule has 13 heteroatoms. The third kappa shape index (κ3) is 3.49. The minimum atomic E-state index is -4.45. The second kappa shape index (κ2) is 7.01. The lowest BCUT2D eigenvalue weighted by atomic mass is 10.1. The van der Waals surface area contributed by atoms with Gasteiger partial charge in [0.05, 0.1) is 23.5 Å². The van der Waals surface area contributed by atoms with Crippen molar-refractivity contribution in [1.82, 2.24) is 9.38 Å². The Labute approximate surface area is 183 Å². The number of fused-ring (bicyclic) bond motifs is 1. The predicted octanol–water partition coefficient (Wildman–Crippen LogP) is 5.02. The molecule has 172 valence electrons. The van der Waals surface area contributed by atoms with E-state index in [0.29, 0.717) is 11.8 Å². The number of alkyl halides is 6. The van der Waals surface area contributed by atoms with Crippen molar-refractivity contribution < 1.29 is 34.8 Å². The standard InChI is InChI=1S/C19H14ClF6N3O2S/c1-17(21,22)11-5-7-12(8-6-11)32(30,31)15-13-3-2-4-14(20)29(13)16(27-15)28-9-18(23,24)19(25,26)10-28/h2-8H,9-10H2,1H3. The number of pyridine rings is 1. The molecule has 1 aliphatic rings. The van der Waals surface area contributed by atoms with Crippen LogP contribution in [0.5, 0.6) is 0 Å². The van der Waals surface area contributed by atoms with E-state index >= 15 is 0 Å². The largest absolute Gasteiger partial charge is 0.329 e. The van der Waals surface area contributed by atoms with E-state index in [9.17, 15) is 34.8 Å². The second-order valence-corrected chi connectivity index (χ2v) is 9.72. The maximum atomic E-state index is 13.8. The average Bonchev–Trinajstić information content (AvgIpc) is 3.17. The number of hydrogen-bond donors (Lipinski definition) is 0. The summed E-state index contributed by atoms with van der Waals surface area (Å²) in [5, 5.41) is -0.782. The summed E-state index contributed by atoms with van der Waals surface area (Å²) in [4.78, 5) is 4.04. The number of imidazole rings is 1. The molecule has 3 aromatic rings. The lowest BCUT2D eigenvalue weighted by Crippen LogP contribution is -2.38. The topological polar surface area (TPSA) is 54.7 Å². The van der Waals surface area contributed by atoms with Crippen molar-refractivity contribution in [3.8, 4) is 0 Å². The van der Waals surface area contributed by atoms with Crippen LogP contribution in [0, 0.1) is 0 Å². The van der Waals surface area contributed by atoms with Gasteiger partial charge in [-0.2, -0.15) is 22.5 Å². The van der Waals surface area contributed by atoms with Gasteiger partial charge >= 0.3 is 11.8 Å². The van der Waals surface area contributed by atoms with Crippen LogP contribution in [0.25, 0.3) is 5.52 Å². The zero-order chi connectivity index (χ0) is 23.7. The molecular formula is C19H14ClF6N3O2S. The van der Waals surface area contributed by atoms with Crippen LogP contribution in [0.1, 0.15) is 12.5 Å². The summed E-state index contributed by atoms with van der Waals surface area (Å²) in [7, 11) is -4.45. The minimum Gasteiger partial charge on any atom is -0.329 e. The van der Waals surface area contributed by atoms with Crippen LogP contribution in [-0.4, -0.2) is 42.7 Å². The van der Waals surface area contributed by atoms with E-state index in [2.05, 4.69) is 4.98 Å². The summed E-state index contributed by atoms with van der Waals surface area (Å²) in [5.41, 5.74) is -0.563. The van der Waals surface area contributed by atoms with E-state index < -0.39 is 62.1 Å². The molecule has 0 N–H and O–H groups in total. The van der Waals surface area contributed by atoms with Gasteiger partial charge in [0, 0.05) is 12.5 Å². The highest BCUT2D eigenvalue weighted by molar-refractivity contribution is 7.91. The Kier molecular flexibility index (Phi) is 4.98. The van der Waals surface area contributed by atoms with Crippen LogP contribution >= 0.6 is 11.6 Å². The first kappa shape index (κ1) is 22.7. The Morgan fingerprint density at radius 3 is 2.09 bits per heavy atom. The minimum absolute atomic E-state index is 0.143. The summed E-state index contributed by atoms with van der Waals surface area (Å²) in [6.07, 6.45) is 0. The van der Waals surface area contributed by atoms with Gasteiger partial charge in [-0.15, -0.1) is 0 Å². The fourth-order valence-corrected chi connectivity index (χ4v) is 5.00. The molecule has 0 saturated carbocycles. The van der Waals surface area contributed by atoms with Gasteiger partial charge in [0.1, 0.15) is 5.15 Å². The zero-order valence-electron chi connectivity index (χ0n) is 16.2. The van der Waals surface area contributed by atoms with E-state index in [1.54, 1.807) is 0 Å². The van der Waals surface area contributed by atoms with Gasteiger partial charge < -0.3 is 4.90 Å². The molecule has 5 nitrogen and oxygen atoms in total. The molecule has 4 rings (SSSR count). The fraction of sp³-hybridized carbons (Fsp3) is 0.316. The Balaban J connectivity index is 1.87. The Bertz CT molecular complexity index is 1290. The molecule has 1 aromatic carbocycles. The highest BCUT2D eigenvalue weighted by Gasteiger charge is 2.63. The van der Waals surface area contributed by atoms with E-state index in [1.807, 2.05) is 0 Å². The van der Waals surface area contributed by atoms with Crippen molar-refractivity contribution in [1.29, 1.82) is 0 Å². The van der Waals surface area contributed by atoms with Gasteiger partial charge in [-0.3, -0.25) is 4.40 Å². The number of anilines is 1. The van der Waals surface area contributed by atoms with Gasteiger partial charge in [-0.1, -0.05) is 29.8 Å². The number of hydrogen-bond acceptors (Lipinski definition) is 4. The van der Waals surface area contributed by atoms with E-state index in [-0.39, 0.29) is 10.7 Å². The van der Waals surface area contributed by atoms with Crippen molar-refractivity contribution in [2.24, 2.45) is 0 Å².